The topological polar surface area (TPSA) is 55.4 Å². The number of rotatable bonds is 8. The van der Waals surface area contributed by atoms with Crippen molar-refractivity contribution in [3.8, 4) is 0 Å². The van der Waals surface area contributed by atoms with Gasteiger partial charge < -0.3 is 27.1 Å². The van der Waals surface area contributed by atoms with Crippen molar-refractivity contribution in [1.82, 2.24) is 0 Å². The summed E-state index contributed by atoms with van der Waals surface area (Å²) < 4.78 is 34.2. The first-order valence-corrected chi connectivity index (χ1v) is 11.5. The predicted octanol–water partition coefficient (Wildman–Crippen LogP) is 5.08. The maximum atomic E-state index is 6.16. The van der Waals surface area contributed by atoms with Gasteiger partial charge in [0, 0.05) is 28.0 Å². The summed E-state index contributed by atoms with van der Waals surface area (Å²) >= 11 is 12.3. The zero-order valence-corrected chi connectivity index (χ0v) is 18.6. The van der Waals surface area contributed by atoms with Gasteiger partial charge in [-0.15, -0.1) is 23.2 Å². The Hall–Kier alpha value is 1.20. The van der Waals surface area contributed by atoms with Crippen molar-refractivity contribution in [1.29, 1.82) is 0 Å². The van der Waals surface area contributed by atoms with Gasteiger partial charge in [0.2, 0.25) is 0 Å². The van der Waals surface area contributed by atoms with Gasteiger partial charge >= 0.3 is 17.2 Å². The van der Waals surface area contributed by atoms with E-state index in [2.05, 4.69) is 27.7 Å². The molecule has 148 valence electrons. The Morgan fingerprint density at radius 2 is 1.08 bits per heavy atom. The van der Waals surface area contributed by atoms with Gasteiger partial charge in [-0.3, -0.25) is 0 Å². The van der Waals surface area contributed by atoms with Crippen LogP contribution in [-0.4, -0.2) is 51.4 Å². The Balaban J connectivity index is 1.78. The summed E-state index contributed by atoms with van der Waals surface area (Å²) in [4.78, 5) is 0. The fourth-order valence-corrected chi connectivity index (χ4v) is 5.45. The normalized spacial score (nSPS) is 25.2. The van der Waals surface area contributed by atoms with Crippen molar-refractivity contribution in [2.24, 2.45) is 16.2 Å². The molecule has 25 heavy (non-hydrogen) atoms. The first kappa shape index (κ1) is 22.5. The number of hydrogen-bond donors (Lipinski definition) is 0. The second kappa shape index (κ2) is 9.60. The molecule has 2 aliphatic heterocycles. The van der Waals surface area contributed by atoms with Crippen LogP contribution in [0.3, 0.4) is 0 Å². The summed E-state index contributed by atoms with van der Waals surface area (Å²) in [5.74, 6) is 0.583. The summed E-state index contributed by atoms with van der Waals surface area (Å²) in [7, 11) is -2.75. The summed E-state index contributed by atoms with van der Waals surface area (Å²) in [6, 6.07) is 0. The molecule has 2 aliphatic rings. The van der Waals surface area contributed by atoms with E-state index in [4.69, 9.17) is 50.3 Å². The minimum atomic E-state index is -1.37. The lowest BCUT2D eigenvalue weighted by molar-refractivity contribution is 0.00122. The van der Waals surface area contributed by atoms with Crippen LogP contribution in [0.1, 0.15) is 27.7 Å². The van der Waals surface area contributed by atoms with Crippen molar-refractivity contribution in [2.75, 3.05) is 51.4 Å². The van der Waals surface area contributed by atoms with E-state index in [0.717, 1.165) is 0 Å². The zero-order chi connectivity index (χ0) is 18.6. The van der Waals surface area contributed by atoms with Crippen LogP contribution in [-0.2, 0) is 27.1 Å². The fourth-order valence-electron chi connectivity index (χ4n) is 1.83. The van der Waals surface area contributed by atoms with Gasteiger partial charge in [-0.25, -0.2) is 0 Å². The van der Waals surface area contributed by atoms with Crippen LogP contribution < -0.4 is 0 Å². The molecule has 0 aromatic carbocycles. The van der Waals surface area contributed by atoms with Gasteiger partial charge in [0.05, 0.1) is 39.6 Å². The highest BCUT2D eigenvalue weighted by molar-refractivity contribution is 7.42. The molecule has 0 bridgehead atoms. The molecule has 0 unspecified atom stereocenters. The van der Waals surface area contributed by atoms with Crippen molar-refractivity contribution in [3.05, 3.63) is 0 Å². The van der Waals surface area contributed by atoms with Crippen molar-refractivity contribution < 1.29 is 27.1 Å². The van der Waals surface area contributed by atoms with Crippen LogP contribution in [0.4, 0.5) is 0 Å². The number of alkyl halides is 2. The Labute approximate surface area is 163 Å². The van der Waals surface area contributed by atoms with Crippen LogP contribution in [0.15, 0.2) is 0 Å². The average Bonchev–Trinajstić information content (AvgIpc) is 2.58. The highest BCUT2D eigenvalue weighted by atomic mass is 35.5. The smallest absolute Gasteiger partial charge is 0.312 e. The molecule has 2 saturated heterocycles. The molecular weight excluding hydrogens is 409 g/mol. The van der Waals surface area contributed by atoms with Crippen LogP contribution in [0, 0.1) is 16.2 Å². The minimum Gasteiger partial charge on any atom is -0.312 e. The van der Waals surface area contributed by atoms with Crippen LogP contribution in [0.25, 0.3) is 0 Å². The molecule has 10 heteroatoms. The standard InChI is InChI=1S/C15H28Cl2O6P2/c1-13(2)7-18-24(19-8-13)22-11-15(5-16,6-17)12-23-25-20-9-14(3,4)10-21-25/h5-12H2,1-4H3. The number of hydrogen-bond acceptors (Lipinski definition) is 6. The summed E-state index contributed by atoms with van der Waals surface area (Å²) in [6.07, 6.45) is 0. The van der Waals surface area contributed by atoms with Gasteiger partial charge in [0.1, 0.15) is 0 Å². The lowest BCUT2D eigenvalue weighted by atomic mass is 9.96. The van der Waals surface area contributed by atoms with Crippen LogP contribution in [0.2, 0.25) is 0 Å². The van der Waals surface area contributed by atoms with E-state index in [9.17, 15) is 0 Å². The monoisotopic (exact) mass is 436 g/mol. The second-order valence-corrected chi connectivity index (χ2v) is 11.2. The molecule has 0 N–H and O–H groups in total. The van der Waals surface area contributed by atoms with Gasteiger partial charge in [0.25, 0.3) is 0 Å². The maximum Gasteiger partial charge on any atom is 0.332 e. The molecule has 2 rings (SSSR count). The Bertz CT molecular complexity index is 369. The fraction of sp³-hybridized carbons (Fsp3) is 1.00. The van der Waals surface area contributed by atoms with Crippen LogP contribution in [0.5, 0.6) is 0 Å². The molecule has 0 aromatic rings. The molecular formula is C15H28Cl2O6P2. The molecule has 0 spiro atoms. The summed E-state index contributed by atoms with van der Waals surface area (Å²) in [5, 5.41) is 0. The zero-order valence-electron chi connectivity index (χ0n) is 15.3. The van der Waals surface area contributed by atoms with Gasteiger partial charge in [-0.05, 0) is 0 Å². The maximum absolute atomic E-state index is 6.16. The molecule has 2 fully saturated rings. The van der Waals surface area contributed by atoms with Gasteiger partial charge in [-0.2, -0.15) is 0 Å². The van der Waals surface area contributed by atoms with E-state index in [1.165, 1.54) is 0 Å². The minimum absolute atomic E-state index is 0.00735. The van der Waals surface area contributed by atoms with E-state index in [-0.39, 0.29) is 10.8 Å². The van der Waals surface area contributed by atoms with E-state index in [1.54, 1.807) is 0 Å². The van der Waals surface area contributed by atoms with Gasteiger partial charge in [-0.1, -0.05) is 27.7 Å². The summed E-state index contributed by atoms with van der Waals surface area (Å²) in [5.41, 5.74) is -0.534. The van der Waals surface area contributed by atoms with Gasteiger partial charge in [0.15, 0.2) is 0 Å². The van der Waals surface area contributed by atoms with E-state index >= 15 is 0 Å². The van der Waals surface area contributed by atoms with Crippen molar-refractivity contribution in [2.45, 2.75) is 27.7 Å². The summed E-state index contributed by atoms with van der Waals surface area (Å²) in [6.45, 7) is 11.3. The molecule has 2 heterocycles. The molecule has 0 aliphatic carbocycles. The first-order chi connectivity index (χ1) is 11.7. The first-order valence-electron chi connectivity index (χ1n) is 8.19. The highest BCUT2D eigenvalue weighted by Crippen LogP contribution is 2.50. The third-order valence-electron chi connectivity index (χ3n) is 3.76. The SMILES string of the molecule is CC1(C)COP(OCC(CCl)(CCl)COP2OCC(C)(C)CO2)OC1. The third-order valence-corrected chi connectivity index (χ3v) is 6.94. The lowest BCUT2D eigenvalue weighted by Gasteiger charge is -2.36. The average molecular weight is 437 g/mol. The lowest BCUT2D eigenvalue weighted by Crippen LogP contribution is -2.37. The van der Waals surface area contributed by atoms with E-state index < -0.39 is 22.6 Å². The molecule has 0 aromatic heterocycles. The molecule has 6 nitrogen and oxygen atoms in total. The van der Waals surface area contributed by atoms with Crippen LogP contribution >= 0.6 is 40.4 Å². The third kappa shape index (κ3) is 7.27. The molecule has 0 saturated carbocycles. The molecule has 0 radical (unpaired) electrons. The van der Waals surface area contributed by atoms with E-state index in [0.29, 0.717) is 51.4 Å². The second-order valence-electron chi connectivity index (χ2n) is 8.18. The Morgan fingerprint density at radius 3 is 1.36 bits per heavy atom. The largest absolute Gasteiger partial charge is 0.332 e. The Morgan fingerprint density at radius 1 is 0.760 bits per heavy atom. The highest BCUT2D eigenvalue weighted by Gasteiger charge is 2.37. The van der Waals surface area contributed by atoms with Crippen molar-refractivity contribution in [3.63, 3.8) is 0 Å². The number of halogens is 2. The predicted molar refractivity (Wildman–Crippen MR) is 101 cm³/mol. The Kier molecular flexibility index (Phi) is 8.64. The van der Waals surface area contributed by atoms with Crippen molar-refractivity contribution >= 4 is 40.4 Å². The van der Waals surface area contributed by atoms with E-state index in [1.807, 2.05) is 0 Å². The molecule has 0 atom stereocenters. The quantitative estimate of drug-likeness (QED) is 0.390. The molecule has 0 amide bonds.